The Hall–Kier alpha value is -8.98. The highest BCUT2D eigenvalue weighted by Crippen LogP contribution is 2.62. The summed E-state index contributed by atoms with van der Waals surface area (Å²) in [7, 11) is 0. The Kier molecular flexibility index (Phi) is 8.24. The molecule has 12 aromatic rings. The van der Waals surface area contributed by atoms with Crippen molar-refractivity contribution in [3.8, 4) is 39.1 Å². The summed E-state index contributed by atoms with van der Waals surface area (Å²) in [5.74, 6) is 0. The molecule has 3 aliphatic rings. The van der Waals surface area contributed by atoms with Crippen LogP contribution in [0.15, 0.2) is 267 Å². The van der Waals surface area contributed by atoms with Crippen molar-refractivity contribution < 1.29 is 0 Å². The van der Waals surface area contributed by atoms with Gasteiger partial charge in [0.1, 0.15) is 0 Å². The van der Waals surface area contributed by atoms with Gasteiger partial charge in [0.15, 0.2) is 0 Å². The lowest BCUT2D eigenvalue weighted by atomic mass is 9.65. The monoisotopic (exact) mass is 888 g/mol. The lowest BCUT2D eigenvalue weighted by Crippen LogP contribution is -2.33. The van der Waals surface area contributed by atoms with Gasteiger partial charge in [-0.25, -0.2) is 0 Å². The quantitative estimate of drug-likeness (QED) is 0.161. The van der Waals surface area contributed by atoms with Crippen LogP contribution in [0.25, 0.3) is 60.9 Å². The predicted octanol–water partition coefficient (Wildman–Crippen LogP) is 17.0. The Bertz CT molecular complexity index is 3970. The third-order valence-corrected chi connectivity index (χ3v) is 15.9. The molecule has 0 N–H and O–H groups in total. The molecule has 1 aliphatic heterocycles. The number of fused-ring (bicyclic) bond motifs is 15. The first kappa shape index (κ1) is 39.1. The van der Waals surface area contributed by atoms with Gasteiger partial charge in [-0.2, -0.15) is 0 Å². The van der Waals surface area contributed by atoms with Crippen LogP contribution in [0.5, 0.6) is 0 Å². The molecule has 70 heavy (non-hydrogen) atoms. The van der Waals surface area contributed by atoms with Crippen molar-refractivity contribution in [1.29, 1.82) is 0 Å². The van der Waals surface area contributed by atoms with Crippen LogP contribution < -0.4 is 4.90 Å². The van der Waals surface area contributed by atoms with Gasteiger partial charge in [0, 0.05) is 27.8 Å². The molecule has 15 rings (SSSR count). The van der Waals surface area contributed by atoms with E-state index in [0.717, 1.165) is 17.1 Å². The number of anilines is 3. The Morgan fingerprint density at radius 1 is 0.286 bits per heavy atom. The first-order chi connectivity index (χ1) is 34.7. The summed E-state index contributed by atoms with van der Waals surface area (Å²) in [5, 5.41) is 2.48. The molecule has 2 nitrogen and oxygen atoms in total. The summed E-state index contributed by atoms with van der Waals surface area (Å²) < 4.78 is 2.55. The second-order valence-corrected chi connectivity index (χ2v) is 19.1. The van der Waals surface area contributed by atoms with Gasteiger partial charge in [-0.05, 0) is 126 Å². The Labute approximate surface area is 407 Å². The second kappa shape index (κ2) is 14.8. The van der Waals surface area contributed by atoms with Crippen LogP contribution in [-0.2, 0) is 10.8 Å². The van der Waals surface area contributed by atoms with Crippen LogP contribution >= 0.6 is 0 Å². The minimum Gasteiger partial charge on any atom is -0.310 e. The van der Waals surface area contributed by atoms with Crippen LogP contribution in [0, 0.1) is 0 Å². The topological polar surface area (TPSA) is 8.17 Å². The third kappa shape index (κ3) is 5.12. The molecule has 326 valence electrons. The molecule has 0 radical (unpaired) electrons. The number of aromatic nitrogens is 1. The van der Waals surface area contributed by atoms with Crippen molar-refractivity contribution in [2.45, 2.75) is 10.8 Å². The molecule has 2 aliphatic carbocycles. The van der Waals surface area contributed by atoms with Gasteiger partial charge in [-0.3, -0.25) is 0 Å². The lowest BCUT2D eigenvalue weighted by molar-refractivity contribution is 0.748. The first-order valence-corrected chi connectivity index (χ1v) is 24.4. The molecule has 1 aromatic heterocycles. The number of rotatable bonds is 6. The fourth-order valence-corrected chi connectivity index (χ4v) is 13.1. The zero-order valence-electron chi connectivity index (χ0n) is 38.3. The average molecular weight is 889 g/mol. The summed E-state index contributed by atoms with van der Waals surface area (Å²) in [5.41, 5.74) is 24.0. The molecule has 1 spiro atoms. The van der Waals surface area contributed by atoms with Gasteiger partial charge in [0.2, 0.25) is 0 Å². The number of benzene rings is 11. The molecule has 0 bridgehead atoms. The van der Waals surface area contributed by atoms with Crippen molar-refractivity contribution in [1.82, 2.24) is 4.57 Å². The minimum absolute atomic E-state index is 0.463. The molecule has 0 unspecified atom stereocenters. The van der Waals surface area contributed by atoms with Crippen molar-refractivity contribution in [3.63, 3.8) is 0 Å². The van der Waals surface area contributed by atoms with Crippen LogP contribution in [-0.4, -0.2) is 4.57 Å². The maximum absolute atomic E-state index is 2.55. The molecular weight excluding hydrogens is 845 g/mol. The molecule has 2 heterocycles. The van der Waals surface area contributed by atoms with Crippen LogP contribution in [0.2, 0.25) is 0 Å². The van der Waals surface area contributed by atoms with E-state index in [0.29, 0.717) is 0 Å². The molecule has 0 amide bonds. The lowest BCUT2D eigenvalue weighted by Gasteiger charge is -2.39. The van der Waals surface area contributed by atoms with Crippen molar-refractivity contribution in [3.05, 3.63) is 311 Å². The summed E-state index contributed by atoms with van der Waals surface area (Å²) >= 11 is 0. The average Bonchev–Trinajstić information content (AvgIpc) is 4.04. The van der Waals surface area contributed by atoms with Gasteiger partial charge >= 0.3 is 0 Å². The van der Waals surface area contributed by atoms with E-state index < -0.39 is 10.8 Å². The maximum atomic E-state index is 2.55. The molecule has 2 heteroatoms. The Morgan fingerprint density at radius 2 is 0.757 bits per heavy atom. The van der Waals surface area contributed by atoms with E-state index in [1.165, 1.54) is 105 Å². The van der Waals surface area contributed by atoms with Crippen molar-refractivity contribution in [2.75, 3.05) is 4.90 Å². The van der Waals surface area contributed by atoms with E-state index in [2.05, 4.69) is 276 Å². The SMILES string of the molecule is c1ccc(-c2ccc(N(c3ccc4c(c3)C(c3ccccc3)(c3ccccc3)c3ccccc3-4)c3ccc4c(c3)c3cccc5c3n4-c3ccccc3C53c4ccccc4-c4ccccc43)cc2)cc1. The summed E-state index contributed by atoms with van der Waals surface area (Å²) in [6.07, 6.45) is 0. The third-order valence-electron chi connectivity index (χ3n) is 15.9. The highest BCUT2D eigenvalue weighted by molar-refractivity contribution is 6.14. The highest BCUT2D eigenvalue weighted by Gasteiger charge is 2.51. The van der Waals surface area contributed by atoms with Gasteiger partial charge in [0.05, 0.1) is 27.6 Å². The molecule has 0 saturated carbocycles. The zero-order valence-corrected chi connectivity index (χ0v) is 38.3. The van der Waals surface area contributed by atoms with Gasteiger partial charge in [0.25, 0.3) is 0 Å². The molecule has 0 saturated heterocycles. The second-order valence-electron chi connectivity index (χ2n) is 19.1. The smallest absolute Gasteiger partial charge is 0.0754 e. The van der Waals surface area contributed by atoms with Gasteiger partial charge < -0.3 is 9.47 Å². The Morgan fingerprint density at radius 3 is 1.40 bits per heavy atom. The first-order valence-electron chi connectivity index (χ1n) is 24.4. The van der Waals surface area contributed by atoms with E-state index in [1.54, 1.807) is 0 Å². The summed E-state index contributed by atoms with van der Waals surface area (Å²) in [6.45, 7) is 0. The normalized spacial score (nSPS) is 13.9. The molecular formula is C68H44N2. The zero-order chi connectivity index (χ0) is 46.0. The maximum Gasteiger partial charge on any atom is 0.0754 e. The molecule has 0 fully saturated rings. The number of nitrogens with zero attached hydrogens (tertiary/aromatic N) is 2. The fourth-order valence-electron chi connectivity index (χ4n) is 13.1. The number of hydrogen-bond acceptors (Lipinski definition) is 1. The van der Waals surface area contributed by atoms with E-state index in [4.69, 9.17) is 0 Å². The molecule has 11 aromatic carbocycles. The summed E-state index contributed by atoms with van der Waals surface area (Å²) in [6, 6.07) is 99.7. The Balaban J connectivity index is 0.990. The predicted molar refractivity (Wildman–Crippen MR) is 289 cm³/mol. The van der Waals surface area contributed by atoms with Crippen molar-refractivity contribution in [2.24, 2.45) is 0 Å². The number of hydrogen-bond donors (Lipinski definition) is 0. The van der Waals surface area contributed by atoms with E-state index in [1.807, 2.05) is 0 Å². The summed E-state index contributed by atoms with van der Waals surface area (Å²) in [4.78, 5) is 2.48. The van der Waals surface area contributed by atoms with Crippen LogP contribution in [0.1, 0.15) is 44.5 Å². The minimum atomic E-state index is -0.531. The van der Waals surface area contributed by atoms with E-state index in [-0.39, 0.29) is 0 Å². The standard InChI is InChI=1S/C68H44N2/c1-4-19-45(20-5-1)46-35-37-49(38-36-46)69(51-39-41-55-54-27-10-13-29-58(54)67(63(55)44-51,47-21-6-2-7-22-47)48-23-8-3-9-24-48)50-40-42-64-57(43-50)56-28-18-33-62-66(56)70(64)65-34-17-16-32-61(65)68(62)59-30-14-11-25-52(59)53-26-12-15-31-60(53)68/h1-44H. The highest BCUT2D eigenvalue weighted by atomic mass is 15.1. The van der Waals surface area contributed by atoms with Gasteiger partial charge in [-0.15, -0.1) is 0 Å². The van der Waals surface area contributed by atoms with Crippen LogP contribution in [0.4, 0.5) is 17.1 Å². The fraction of sp³-hybridized carbons (Fsp3) is 0.0294. The number of para-hydroxylation sites is 2. The van der Waals surface area contributed by atoms with Gasteiger partial charge in [-0.1, -0.05) is 218 Å². The van der Waals surface area contributed by atoms with E-state index >= 15 is 0 Å². The van der Waals surface area contributed by atoms with E-state index in [9.17, 15) is 0 Å². The largest absolute Gasteiger partial charge is 0.310 e. The van der Waals surface area contributed by atoms with Crippen LogP contribution in [0.3, 0.4) is 0 Å². The molecule has 0 atom stereocenters. The van der Waals surface area contributed by atoms with Crippen molar-refractivity contribution >= 4 is 38.9 Å².